The molecule has 7 heteroatoms. The SMILES string of the molecule is O=C(CNC(=O)c1cc2c(F)cccc2s1)NCc1ccco1. The summed E-state index contributed by atoms with van der Waals surface area (Å²) in [6, 6.07) is 9.65. The summed E-state index contributed by atoms with van der Waals surface area (Å²) in [5.74, 6) is -0.473. The normalized spacial score (nSPS) is 10.7. The largest absolute Gasteiger partial charge is 0.467 e. The zero-order chi connectivity index (χ0) is 16.2. The number of halogens is 1. The van der Waals surface area contributed by atoms with E-state index in [0.29, 0.717) is 20.7 Å². The van der Waals surface area contributed by atoms with Gasteiger partial charge >= 0.3 is 0 Å². The lowest BCUT2D eigenvalue weighted by Gasteiger charge is -2.04. The van der Waals surface area contributed by atoms with Crippen LogP contribution in [0.5, 0.6) is 0 Å². The van der Waals surface area contributed by atoms with Crippen molar-refractivity contribution >= 4 is 33.2 Å². The minimum absolute atomic E-state index is 0.156. The Morgan fingerprint density at radius 3 is 2.78 bits per heavy atom. The number of furan rings is 1. The summed E-state index contributed by atoms with van der Waals surface area (Å²) >= 11 is 1.18. The topological polar surface area (TPSA) is 71.3 Å². The molecule has 0 saturated heterocycles. The Bertz CT molecular complexity index is 842. The van der Waals surface area contributed by atoms with Gasteiger partial charge in [-0.2, -0.15) is 0 Å². The smallest absolute Gasteiger partial charge is 0.261 e. The van der Waals surface area contributed by atoms with Crippen molar-refractivity contribution in [2.24, 2.45) is 0 Å². The van der Waals surface area contributed by atoms with Crippen LogP contribution in [0.25, 0.3) is 10.1 Å². The Kier molecular flexibility index (Phi) is 4.38. The maximum absolute atomic E-state index is 13.6. The molecule has 0 spiro atoms. The molecular weight excluding hydrogens is 319 g/mol. The summed E-state index contributed by atoms with van der Waals surface area (Å²) in [5, 5.41) is 5.55. The van der Waals surface area contributed by atoms with Gasteiger partial charge in [-0.1, -0.05) is 6.07 Å². The van der Waals surface area contributed by atoms with E-state index in [4.69, 9.17) is 4.42 Å². The fraction of sp³-hybridized carbons (Fsp3) is 0.125. The number of fused-ring (bicyclic) bond motifs is 1. The average molecular weight is 332 g/mol. The molecule has 0 aliphatic carbocycles. The van der Waals surface area contributed by atoms with E-state index in [0.717, 1.165) is 0 Å². The van der Waals surface area contributed by atoms with Crippen molar-refractivity contribution < 1.29 is 18.4 Å². The molecule has 2 aromatic heterocycles. The summed E-state index contributed by atoms with van der Waals surface area (Å²) < 4.78 is 19.4. The number of nitrogens with one attached hydrogen (secondary N) is 2. The van der Waals surface area contributed by atoms with E-state index in [1.54, 1.807) is 24.3 Å². The molecule has 2 amide bonds. The van der Waals surface area contributed by atoms with Gasteiger partial charge in [0, 0.05) is 10.1 Å². The van der Waals surface area contributed by atoms with Gasteiger partial charge in [0.15, 0.2) is 0 Å². The molecule has 0 bridgehead atoms. The molecule has 5 nitrogen and oxygen atoms in total. The zero-order valence-corrected chi connectivity index (χ0v) is 12.8. The van der Waals surface area contributed by atoms with Gasteiger partial charge in [-0.3, -0.25) is 9.59 Å². The lowest BCUT2D eigenvalue weighted by atomic mass is 10.2. The zero-order valence-electron chi connectivity index (χ0n) is 12.0. The van der Waals surface area contributed by atoms with Crippen molar-refractivity contribution in [3.05, 3.63) is 59.1 Å². The van der Waals surface area contributed by atoms with E-state index in [1.807, 2.05) is 0 Å². The predicted molar refractivity (Wildman–Crippen MR) is 84.7 cm³/mol. The number of amides is 2. The van der Waals surface area contributed by atoms with E-state index < -0.39 is 5.91 Å². The number of carbonyl (C=O) groups is 2. The van der Waals surface area contributed by atoms with Crippen molar-refractivity contribution in [1.82, 2.24) is 10.6 Å². The van der Waals surface area contributed by atoms with Gasteiger partial charge < -0.3 is 15.1 Å². The Hall–Kier alpha value is -2.67. The third-order valence-corrected chi connectivity index (χ3v) is 4.28. The fourth-order valence-electron chi connectivity index (χ4n) is 2.05. The monoisotopic (exact) mass is 332 g/mol. The third-order valence-electron chi connectivity index (χ3n) is 3.18. The molecule has 0 radical (unpaired) electrons. The summed E-state index contributed by atoms with van der Waals surface area (Å²) in [5.41, 5.74) is 0. The van der Waals surface area contributed by atoms with Gasteiger partial charge in [0.2, 0.25) is 5.91 Å². The van der Waals surface area contributed by atoms with Crippen LogP contribution in [0.15, 0.2) is 47.1 Å². The number of thiophene rings is 1. The Morgan fingerprint density at radius 1 is 1.17 bits per heavy atom. The summed E-state index contributed by atoms with van der Waals surface area (Å²) in [6.45, 7) is 0.103. The molecule has 3 rings (SSSR count). The molecule has 118 valence electrons. The molecule has 3 aromatic rings. The third kappa shape index (κ3) is 3.57. The van der Waals surface area contributed by atoms with Crippen molar-refractivity contribution in [1.29, 1.82) is 0 Å². The Morgan fingerprint density at radius 2 is 2.04 bits per heavy atom. The van der Waals surface area contributed by atoms with Gasteiger partial charge in [0.05, 0.1) is 24.2 Å². The number of rotatable bonds is 5. The van der Waals surface area contributed by atoms with E-state index in [-0.39, 0.29) is 24.8 Å². The molecule has 0 aliphatic rings. The standard InChI is InChI=1S/C16H13FN2O3S/c17-12-4-1-5-13-11(12)7-14(23-13)16(21)19-9-15(20)18-8-10-3-2-6-22-10/h1-7H,8-9H2,(H,18,20)(H,19,21). The van der Waals surface area contributed by atoms with Crippen LogP contribution < -0.4 is 10.6 Å². The predicted octanol–water partition coefficient (Wildman–Crippen LogP) is 2.68. The average Bonchev–Trinajstić information content (AvgIpc) is 3.20. The highest BCUT2D eigenvalue weighted by molar-refractivity contribution is 7.20. The van der Waals surface area contributed by atoms with Gasteiger partial charge in [-0.25, -0.2) is 4.39 Å². The minimum Gasteiger partial charge on any atom is -0.467 e. The first-order valence-electron chi connectivity index (χ1n) is 6.89. The molecular formula is C16H13FN2O3S. The molecule has 2 N–H and O–H groups in total. The fourth-order valence-corrected chi connectivity index (χ4v) is 3.04. The first kappa shape index (κ1) is 15.2. The van der Waals surface area contributed by atoms with Crippen LogP contribution in [-0.2, 0) is 11.3 Å². The summed E-state index contributed by atoms with van der Waals surface area (Å²) in [4.78, 5) is 24.1. The minimum atomic E-state index is -0.404. The number of benzene rings is 1. The molecule has 0 atom stereocenters. The molecule has 1 aromatic carbocycles. The molecule has 2 heterocycles. The van der Waals surface area contributed by atoms with Crippen LogP contribution >= 0.6 is 11.3 Å². The first-order chi connectivity index (χ1) is 11.1. The van der Waals surface area contributed by atoms with Gasteiger partial charge in [-0.05, 0) is 30.3 Å². The van der Waals surface area contributed by atoms with Crippen molar-refractivity contribution in [3.63, 3.8) is 0 Å². The van der Waals surface area contributed by atoms with Crippen molar-refractivity contribution in [2.75, 3.05) is 6.54 Å². The maximum atomic E-state index is 13.6. The summed E-state index contributed by atoms with van der Waals surface area (Å²) in [7, 11) is 0. The number of hydrogen-bond acceptors (Lipinski definition) is 4. The van der Waals surface area contributed by atoms with Crippen molar-refractivity contribution in [2.45, 2.75) is 6.54 Å². The maximum Gasteiger partial charge on any atom is 0.261 e. The van der Waals surface area contributed by atoms with Gasteiger partial charge in [0.1, 0.15) is 11.6 Å². The Labute approximate surface area is 135 Å². The Balaban J connectivity index is 1.55. The highest BCUT2D eigenvalue weighted by Crippen LogP contribution is 2.27. The lowest BCUT2D eigenvalue weighted by molar-refractivity contribution is -0.120. The van der Waals surface area contributed by atoms with Crippen LogP contribution in [0.3, 0.4) is 0 Å². The second-order valence-electron chi connectivity index (χ2n) is 4.80. The number of carbonyl (C=O) groups excluding carboxylic acids is 2. The van der Waals surface area contributed by atoms with Crippen LogP contribution in [0.1, 0.15) is 15.4 Å². The van der Waals surface area contributed by atoms with E-state index in [1.165, 1.54) is 29.7 Å². The quantitative estimate of drug-likeness (QED) is 0.754. The van der Waals surface area contributed by atoms with Gasteiger partial charge in [0.25, 0.3) is 5.91 Å². The van der Waals surface area contributed by atoms with Crippen LogP contribution in [-0.4, -0.2) is 18.4 Å². The lowest BCUT2D eigenvalue weighted by Crippen LogP contribution is -2.36. The molecule has 0 fully saturated rings. The molecule has 0 aliphatic heterocycles. The van der Waals surface area contributed by atoms with Gasteiger partial charge in [-0.15, -0.1) is 11.3 Å². The molecule has 0 saturated carbocycles. The van der Waals surface area contributed by atoms with Crippen LogP contribution in [0, 0.1) is 5.82 Å². The highest BCUT2D eigenvalue weighted by atomic mass is 32.1. The van der Waals surface area contributed by atoms with Crippen LogP contribution in [0.4, 0.5) is 4.39 Å². The molecule has 23 heavy (non-hydrogen) atoms. The van der Waals surface area contributed by atoms with E-state index in [2.05, 4.69) is 10.6 Å². The van der Waals surface area contributed by atoms with Crippen molar-refractivity contribution in [3.8, 4) is 0 Å². The number of hydrogen-bond donors (Lipinski definition) is 2. The molecule has 0 unspecified atom stereocenters. The first-order valence-corrected chi connectivity index (χ1v) is 7.70. The van der Waals surface area contributed by atoms with E-state index in [9.17, 15) is 14.0 Å². The van der Waals surface area contributed by atoms with E-state index >= 15 is 0 Å². The highest BCUT2D eigenvalue weighted by Gasteiger charge is 2.13. The van der Waals surface area contributed by atoms with Crippen LogP contribution in [0.2, 0.25) is 0 Å². The second-order valence-corrected chi connectivity index (χ2v) is 5.88. The second kappa shape index (κ2) is 6.62. The summed E-state index contributed by atoms with van der Waals surface area (Å²) in [6.07, 6.45) is 1.52.